The molecule has 0 saturated carbocycles. The fourth-order valence-electron chi connectivity index (χ4n) is 2.63. The van der Waals surface area contributed by atoms with Crippen LogP contribution in [0.1, 0.15) is 17.3 Å². The van der Waals surface area contributed by atoms with Gasteiger partial charge in [-0.15, -0.1) is 0 Å². The molecule has 0 spiro atoms. The number of carbonyl (C=O) groups excluding carboxylic acids is 1. The van der Waals surface area contributed by atoms with Gasteiger partial charge in [-0.1, -0.05) is 12.1 Å². The van der Waals surface area contributed by atoms with E-state index in [2.05, 4.69) is 5.10 Å². The summed E-state index contributed by atoms with van der Waals surface area (Å²) in [6.07, 6.45) is 1.51. The van der Waals surface area contributed by atoms with Crippen LogP contribution >= 0.6 is 0 Å². The van der Waals surface area contributed by atoms with E-state index in [1.165, 1.54) is 16.9 Å². The third kappa shape index (κ3) is 3.64. The molecule has 2 aromatic carbocycles. The molecular weight excluding hydrogens is 350 g/mol. The summed E-state index contributed by atoms with van der Waals surface area (Å²) in [5.41, 5.74) is 1.13. The molecule has 3 rings (SSSR count). The molecular formula is C19H17N3O5. The Labute approximate surface area is 155 Å². The molecule has 0 bridgehead atoms. The molecule has 1 heterocycles. The molecule has 0 unspecified atom stereocenters. The summed E-state index contributed by atoms with van der Waals surface area (Å²) >= 11 is 0. The quantitative estimate of drug-likeness (QED) is 0.375. The summed E-state index contributed by atoms with van der Waals surface area (Å²) in [4.78, 5) is 23.3. The molecule has 27 heavy (non-hydrogen) atoms. The van der Waals surface area contributed by atoms with Gasteiger partial charge in [0.1, 0.15) is 17.0 Å². The lowest BCUT2D eigenvalue weighted by Crippen LogP contribution is -2.05. The lowest BCUT2D eigenvalue weighted by atomic mass is 10.1. The number of aromatic nitrogens is 2. The predicted molar refractivity (Wildman–Crippen MR) is 98.2 cm³/mol. The molecule has 0 aliphatic carbocycles. The fourth-order valence-corrected chi connectivity index (χ4v) is 2.63. The largest absolute Gasteiger partial charge is 0.497 e. The number of carbonyl (C=O) groups is 1. The zero-order chi connectivity index (χ0) is 19.4. The van der Waals surface area contributed by atoms with E-state index in [4.69, 9.17) is 9.47 Å². The van der Waals surface area contributed by atoms with E-state index < -0.39 is 10.9 Å². The van der Waals surface area contributed by atoms with Crippen LogP contribution in [0.4, 0.5) is 5.69 Å². The lowest BCUT2D eigenvalue weighted by molar-refractivity contribution is -0.384. The first kappa shape index (κ1) is 18.1. The molecule has 3 aromatic rings. The Kier molecular flexibility index (Phi) is 5.16. The van der Waals surface area contributed by atoms with Crippen LogP contribution < -0.4 is 4.74 Å². The summed E-state index contributed by atoms with van der Waals surface area (Å²) in [6.45, 7) is 1.87. The van der Waals surface area contributed by atoms with Gasteiger partial charge in [0.2, 0.25) is 0 Å². The Morgan fingerprint density at radius 3 is 2.52 bits per heavy atom. The van der Waals surface area contributed by atoms with Gasteiger partial charge in [0.05, 0.1) is 29.9 Å². The first-order valence-electron chi connectivity index (χ1n) is 8.20. The summed E-state index contributed by atoms with van der Waals surface area (Å²) in [6, 6.07) is 13.2. The third-order valence-electron chi connectivity index (χ3n) is 3.90. The van der Waals surface area contributed by atoms with E-state index in [1.807, 2.05) is 0 Å². The number of hydrogen-bond acceptors (Lipinski definition) is 6. The van der Waals surface area contributed by atoms with Crippen molar-refractivity contribution in [2.45, 2.75) is 6.92 Å². The van der Waals surface area contributed by atoms with Gasteiger partial charge in [-0.25, -0.2) is 9.48 Å². The minimum atomic E-state index is -0.592. The van der Waals surface area contributed by atoms with Crippen molar-refractivity contribution >= 4 is 11.7 Å². The minimum absolute atomic E-state index is 0.136. The van der Waals surface area contributed by atoms with Gasteiger partial charge in [-0.05, 0) is 37.3 Å². The van der Waals surface area contributed by atoms with Crippen LogP contribution in [0.3, 0.4) is 0 Å². The fraction of sp³-hybridized carbons (Fsp3) is 0.158. The molecule has 0 amide bonds. The Morgan fingerprint density at radius 2 is 1.89 bits per heavy atom. The SMILES string of the molecule is CCOC(=O)c1cn(-c2ccc(OC)cc2)nc1-c1ccccc1[N+](=O)[O-]. The Bertz CT molecular complexity index is 979. The smallest absolute Gasteiger partial charge is 0.342 e. The van der Waals surface area contributed by atoms with Gasteiger partial charge in [-0.3, -0.25) is 10.1 Å². The number of para-hydroxylation sites is 1. The molecule has 138 valence electrons. The minimum Gasteiger partial charge on any atom is -0.497 e. The second-order valence-corrected chi connectivity index (χ2v) is 5.53. The van der Waals surface area contributed by atoms with Gasteiger partial charge in [0.15, 0.2) is 0 Å². The number of hydrogen-bond donors (Lipinski definition) is 0. The lowest BCUT2D eigenvalue weighted by Gasteiger charge is -2.03. The highest BCUT2D eigenvalue weighted by atomic mass is 16.6. The zero-order valence-electron chi connectivity index (χ0n) is 14.8. The molecule has 0 aliphatic heterocycles. The number of ether oxygens (including phenoxy) is 2. The summed E-state index contributed by atoms with van der Waals surface area (Å²) in [7, 11) is 1.56. The van der Waals surface area contributed by atoms with Crippen molar-refractivity contribution in [2.75, 3.05) is 13.7 Å². The number of benzene rings is 2. The normalized spacial score (nSPS) is 10.4. The van der Waals surface area contributed by atoms with Crippen LogP contribution in [0.5, 0.6) is 5.75 Å². The summed E-state index contributed by atoms with van der Waals surface area (Å²) in [5.74, 6) is 0.0841. The number of nitro groups is 1. The summed E-state index contributed by atoms with van der Waals surface area (Å²) in [5, 5.41) is 15.8. The Morgan fingerprint density at radius 1 is 1.19 bits per heavy atom. The van der Waals surface area contributed by atoms with E-state index >= 15 is 0 Å². The first-order chi connectivity index (χ1) is 13.0. The molecule has 0 atom stereocenters. The number of esters is 1. The highest BCUT2D eigenvalue weighted by Gasteiger charge is 2.25. The topological polar surface area (TPSA) is 96.5 Å². The second kappa shape index (κ2) is 7.69. The van der Waals surface area contributed by atoms with Crippen molar-refractivity contribution in [3.8, 4) is 22.7 Å². The molecule has 0 N–H and O–H groups in total. The number of nitrogens with zero attached hydrogens (tertiary/aromatic N) is 3. The van der Waals surface area contributed by atoms with Crippen LogP contribution in [-0.4, -0.2) is 34.4 Å². The Hall–Kier alpha value is -3.68. The van der Waals surface area contributed by atoms with E-state index in [9.17, 15) is 14.9 Å². The summed E-state index contributed by atoms with van der Waals surface area (Å²) < 4.78 is 11.7. The molecule has 1 aromatic heterocycles. The average molecular weight is 367 g/mol. The second-order valence-electron chi connectivity index (χ2n) is 5.53. The molecule has 0 saturated heterocycles. The maximum atomic E-state index is 12.4. The number of methoxy groups -OCH3 is 1. The first-order valence-corrected chi connectivity index (χ1v) is 8.20. The van der Waals surface area contributed by atoms with Gasteiger partial charge >= 0.3 is 5.97 Å². The van der Waals surface area contributed by atoms with Crippen molar-refractivity contribution in [3.63, 3.8) is 0 Å². The van der Waals surface area contributed by atoms with Gasteiger partial charge in [0.25, 0.3) is 5.69 Å². The molecule has 8 heteroatoms. The maximum Gasteiger partial charge on any atom is 0.342 e. The van der Waals surface area contributed by atoms with Crippen LogP contribution in [0.25, 0.3) is 16.9 Å². The zero-order valence-corrected chi connectivity index (χ0v) is 14.8. The third-order valence-corrected chi connectivity index (χ3v) is 3.90. The van der Waals surface area contributed by atoms with Crippen LogP contribution in [0.15, 0.2) is 54.7 Å². The van der Waals surface area contributed by atoms with Crippen molar-refractivity contribution in [1.82, 2.24) is 9.78 Å². The van der Waals surface area contributed by atoms with Crippen LogP contribution in [0.2, 0.25) is 0 Å². The molecule has 8 nitrogen and oxygen atoms in total. The maximum absolute atomic E-state index is 12.4. The molecule has 0 aliphatic rings. The van der Waals surface area contributed by atoms with Crippen LogP contribution in [-0.2, 0) is 4.74 Å². The van der Waals surface area contributed by atoms with Gasteiger partial charge in [-0.2, -0.15) is 5.10 Å². The highest BCUT2D eigenvalue weighted by Crippen LogP contribution is 2.32. The monoisotopic (exact) mass is 367 g/mol. The predicted octanol–water partition coefficient (Wildman–Crippen LogP) is 3.63. The molecule has 0 fully saturated rings. The van der Waals surface area contributed by atoms with Crippen molar-refractivity contribution in [3.05, 3.63) is 70.4 Å². The highest BCUT2D eigenvalue weighted by molar-refractivity contribution is 5.97. The van der Waals surface area contributed by atoms with E-state index in [-0.39, 0.29) is 29.1 Å². The van der Waals surface area contributed by atoms with E-state index in [1.54, 1.807) is 56.5 Å². The van der Waals surface area contributed by atoms with Crippen molar-refractivity contribution in [2.24, 2.45) is 0 Å². The molecule has 0 radical (unpaired) electrons. The number of rotatable bonds is 6. The van der Waals surface area contributed by atoms with Gasteiger partial charge < -0.3 is 9.47 Å². The van der Waals surface area contributed by atoms with Gasteiger partial charge in [0, 0.05) is 12.3 Å². The van der Waals surface area contributed by atoms with Crippen LogP contribution in [0, 0.1) is 10.1 Å². The number of nitro benzene ring substituents is 1. The standard InChI is InChI=1S/C19H17N3O5/c1-3-27-19(23)16-12-21(13-8-10-14(26-2)11-9-13)20-18(16)15-6-4-5-7-17(15)22(24)25/h4-12H,3H2,1-2H3. The van der Waals surface area contributed by atoms with Crippen molar-refractivity contribution in [1.29, 1.82) is 0 Å². The van der Waals surface area contributed by atoms with E-state index in [0.29, 0.717) is 11.4 Å². The van der Waals surface area contributed by atoms with Crippen molar-refractivity contribution < 1.29 is 19.2 Å². The average Bonchev–Trinajstić information content (AvgIpc) is 3.13. The Balaban J connectivity index is 2.16. The van der Waals surface area contributed by atoms with E-state index in [0.717, 1.165) is 0 Å².